The Morgan fingerprint density at radius 2 is 1.53 bits per heavy atom. The van der Waals surface area contributed by atoms with E-state index in [1.165, 1.54) is 44.9 Å². The number of hydrogen-bond donors (Lipinski definition) is 0. The summed E-state index contributed by atoms with van der Waals surface area (Å²) in [4.78, 5) is 0. The molecule has 1 aromatic rings. The van der Waals surface area contributed by atoms with Gasteiger partial charge >= 0.3 is 0 Å². The zero-order valence-electron chi connectivity index (χ0n) is 11.0. The van der Waals surface area contributed by atoms with E-state index in [0.717, 1.165) is 17.8 Å². The molecule has 0 nitrogen and oxygen atoms in total. The lowest BCUT2D eigenvalue weighted by Gasteiger charge is -2.36. The lowest BCUT2D eigenvalue weighted by Crippen LogP contribution is -2.26. The Morgan fingerprint density at radius 3 is 2.29 bits per heavy atom. The van der Waals surface area contributed by atoms with Gasteiger partial charge in [0, 0.05) is 0 Å². The first-order valence-electron chi connectivity index (χ1n) is 7.39. The Hall–Kier alpha value is -0.780. The fourth-order valence-corrected chi connectivity index (χ4v) is 4.08. The molecule has 3 rings (SSSR count). The molecule has 0 heterocycles. The zero-order valence-corrected chi connectivity index (χ0v) is 11.0. The van der Waals surface area contributed by atoms with Crippen LogP contribution in [-0.2, 0) is 12.8 Å². The van der Waals surface area contributed by atoms with Crippen LogP contribution < -0.4 is 0 Å². The summed E-state index contributed by atoms with van der Waals surface area (Å²) < 4.78 is 0. The van der Waals surface area contributed by atoms with Gasteiger partial charge in [-0.25, -0.2) is 0 Å². The molecule has 1 fully saturated rings. The van der Waals surface area contributed by atoms with E-state index in [9.17, 15) is 0 Å². The molecule has 2 aliphatic carbocycles. The van der Waals surface area contributed by atoms with Crippen LogP contribution in [0, 0.1) is 17.8 Å². The second kappa shape index (κ2) is 4.84. The van der Waals surface area contributed by atoms with Crippen molar-refractivity contribution >= 4 is 0 Å². The van der Waals surface area contributed by atoms with E-state index in [1.807, 2.05) is 0 Å². The van der Waals surface area contributed by atoms with E-state index in [1.54, 1.807) is 11.1 Å². The molecule has 0 heteroatoms. The molecule has 0 aromatic heterocycles. The van der Waals surface area contributed by atoms with Gasteiger partial charge in [-0.2, -0.15) is 0 Å². The summed E-state index contributed by atoms with van der Waals surface area (Å²) in [7, 11) is 0. The lowest BCUT2D eigenvalue weighted by molar-refractivity contribution is 0.192. The Balaban J connectivity index is 1.90. The molecule has 2 aliphatic rings. The summed E-state index contributed by atoms with van der Waals surface area (Å²) in [5.41, 5.74) is 3.28. The monoisotopic (exact) mass is 228 g/mol. The smallest absolute Gasteiger partial charge is 0.0245 e. The van der Waals surface area contributed by atoms with Crippen molar-refractivity contribution in [2.45, 2.75) is 51.9 Å². The van der Waals surface area contributed by atoms with Crippen molar-refractivity contribution in [3.8, 4) is 0 Å². The molecule has 1 saturated carbocycles. The van der Waals surface area contributed by atoms with E-state index in [2.05, 4.69) is 31.2 Å². The summed E-state index contributed by atoms with van der Waals surface area (Å²) >= 11 is 0. The molecule has 0 saturated heterocycles. The van der Waals surface area contributed by atoms with Gasteiger partial charge in [-0.15, -0.1) is 0 Å². The highest BCUT2D eigenvalue weighted by Crippen LogP contribution is 2.39. The molecular formula is C17H24. The molecule has 92 valence electrons. The third kappa shape index (κ3) is 2.41. The van der Waals surface area contributed by atoms with Crippen molar-refractivity contribution in [2.24, 2.45) is 17.8 Å². The minimum absolute atomic E-state index is 0.877. The van der Waals surface area contributed by atoms with Crippen molar-refractivity contribution < 1.29 is 0 Å². The maximum Gasteiger partial charge on any atom is -0.0245 e. The first-order chi connectivity index (χ1) is 8.33. The van der Waals surface area contributed by atoms with Crippen LogP contribution in [0.3, 0.4) is 0 Å². The predicted molar refractivity (Wildman–Crippen MR) is 73.1 cm³/mol. The van der Waals surface area contributed by atoms with E-state index in [-0.39, 0.29) is 0 Å². The number of benzene rings is 1. The quantitative estimate of drug-likeness (QED) is 0.608. The van der Waals surface area contributed by atoms with Crippen LogP contribution in [0.5, 0.6) is 0 Å². The van der Waals surface area contributed by atoms with Gasteiger partial charge in [-0.05, 0) is 54.6 Å². The van der Waals surface area contributed by atoms with Crippen molar-refractivity contribution in [1.82, 2.24) is 0 Å². The highest BCUT2D eigenvalue weighted by atomic mass is 14.3. The summed E-state index contributed by atoms with van der Waals surface area (Å²) in [6.07, 6.45) is 10.1. The summed E-state index contributed by atoms with van der Waals surface area (Å²) in [5.74, 6) is 2.88. The molecule has 0 N–H and O–H groups in total. The SMILES string of the molecule is CC1Cc2ccccc2CC2CCCCC2C1. The average molecular weight is 228 g/mol. The summed E-state index contributed by atoms with van der Waals surface area (Å²) in [5, 5.41) is 0. The summed E-state index contributed by atoms with van der Waals surface area (Å²) in [6.45, 7) is 2.45. The fraction of sp³-hybridized carbons (Fsp3) is 0.647. The Morgan fingerprint density at radius 1 is 0.882 bits per heavy atom. The van der Waals surface area contributed by atoms with Gasteiger partial charge in [0.1, 0.15) is 0 Å². The van der Waals surface area contributed by atoms with Crippen molar-refractivity contribution in [2.75, 3.05) is 0 Å². The second-order valence-electron chi connectivity index (χ2n) is 6.32. The van der Waals surface area contributed by atoms with E-state index in [4.69, 9.17) is 0 Å². The molecule has 17 heavy (non-hydrogen) atoms. The van der Waals surface area contributed by atoms with E-state index >= 15 is 0 Å². The summed E-state index contributed by atoms with van der Waals surface area (Å²) in [6, 6.07) is 9.17. The molecule has 3 unspecified atom stereocenters. The van der Waals surface area contributed by atoms with Gasteiger partial charge < -0.3 is 0 Å². The van der Waals surface area contributed by atoms with Crippen molar-refractivity contribution in [3.05, 3.63) is 35.4 Å². The zero-order chi connectivity index (χ0) is 11.7. The highest BCUT2D eigenvalue weighted by molar-refractivity contribution is 5.28. The van der Waals surface area contributed by atoms with Crippen LogP contribution in [0.2, 0.25) is 0 Å². The third-order valence-corrected chi connectivity index (χ3v) is 4.94. The van der Waals surface area contributed by atoms with E-state index < -0.39 is 0 Å². The van der Waals surface area contributed by atoms with Crippen LogP contribution in [0.4, 0.5) is 0 Å². The first-order valence-corrected chi connectivity index (χ1v) is 7.39. The Bertz CT molecular complexity index is 379. The average Bonchev–Trinajstić information content (AvgIpc) is 2.31. The van der Waals surface area contributed by atoms with Crippen LogP contribution in [0.1, 0.15) is 50.2 Å². The molecule has 0 spiro atoms. The molecule has 0 radical (unpaired) electrons. The number of hydrogen-bond acceptors (Lipinski definition) is 0. The molecule has 3 atom stereocenters. The molecule has 0 aliphatic heterocycles. The van der Waals surface area contributed by atoms with Crippen molar-refractivity contribution in [3.63, 3.8) is 0 Å². The van der Waals surface area contributed by atoms with Gasteiger partial charge in [0.2, 0.25) is 0 Å². The molecule has 0 bridgehead atoms. The molecular weight excluding hydrogens is 204 g/mol. The maximum absolute atomic E-state index is 2.45. The minimum Gasteiger partial charge on any atom is -0.0622 e. The highest BCUT2D eigenvalue weighted by Gasteiger charge is 2.29. The maximum atomic E-state index is 2.45. The predicted octanol–water partition coefficient (Wildman–Crippen LogP) is 4.62. The van der Waals surface area contributed by atoms with Gasteiger partial charge in [0.05, 0.1) is 0 Å². The first kappa shape index (κ1) is 11.3. The fourth-order valence-electron chi connectivity index (χ4n) is 4.08. The van der Waals surface area contributed by atoms with Gasteiger partial charge in [0.25, 0.3) is 0 Å². The minimum atomic E-state index is 0.877. The normalized spacial score (nSPS) is 33.1. The van der Waals surface area contributed by atoms with Gasteiger partial charge in [0.15, 0.2) is 0 Å². The lowest BCUT2D eigenvalue weighted by atomic mass is 9.69. The number of fused-ring (bicyclic) bond motifs is 2. The Labute approximate surface area is 105 Å². The molecule has 0 amide bonds. The van der Waals surface area contributed by atoms with Crippen LogP contribution in [0.15, 0.2) is 24.3 Å². The van der Waals surface area contributed by atoms with Crippen LogP contribution >= 0.6 is 0 Å². The third-order valence-electron chi connectivity index (χ3n) is 4.94. The topological polar surface area (TPSA) is 0 Å². The second-order valence-corrected chi connectivity index (χ2v) is 6.32. The molecule has 1 aromatic carbocycles. The van der Waals surface area contributed by atoms with Gasteiger partial charge in [-0.3, -0.25) is 0 Å². The number of rotatable bonds is 0. The Kier molecular flexibility index (Phi) is 3.22. The largest absolute Gasteiger partial charge is 0.0622 e. The van der Waals surface area contributed by atoms with E-state index in [0.29, 0.717) is 0 Å². The van der Waals surface area contributed by atoms with Crippen molar-refractivity contribution in [1.29, 1.82) is 0 Å². The van der Waals surface area contributed by atoms with Gasteiger partial charge in [-0.1, -0.05) is 50.5 Å². The standard InChI is InChI=1S/C17H24/c1-13-10-14-6-2-4-8-16(14)12-17-9-5-3-7-15(17)11-13/h2,4,6,8,13,15,17H,3,5,7,9-12H2,1H3. The van der Waals surface area contributed by atoms with Crippen LogP contribution in [-0.4, -0.2) is 0 Å². The van der Waals surface area contributed by atoms with Crippen LogP contribution in [0.25, 0.3) is 0 Å².